The van der Waals surface area contributed by atoms with E-state index in [1.54, 1.807) is 0 Å². The van der Waals surface area contributed by atoms with Gasteiger partial charge in [0.05, 0.1) is 0 Å². The molecule has 5 heteroatoms. The number of pyridine rings is 1. The maximum Gasteiger partial charge on any atom is 0.139 e. The predicted molar refractivity (Wildman–Crippen MR) is 92.4 cm³/mol. The highest BCUT2D eigenvalue weighted by atomic mass is 32.1. The number of aromatic amines is 1. The quantitative estimate of drug-likeness (QED) is 0.783. The Hall–Kier alpha value is -1.88. The van der Waals surface area contributed by atoms with Crippen LogP contribution in [0.5, 0.6) is 0 Å². The maximum absolute atomic E-state index is 4.51. The molecule has 1 N–H and O–H groups in total. The number of nitrogens with zero attached hydrogens (tertiary/aromatic N) is 3. The van der Waals surface area contributed by atoms with E-state index in [2.05, 4.69) is 43.8 Å². The molecule has 0 aliphatic carbocycles. The van der Waals surface area contributed by atoms with Crippen molar-refractivity contribution in [2.24, 2.45) is 5.92 Å². The van der Waals surface area contributed by atoms with Crippen LogP contribution in [0.25, 0.3) is 22.2 Å². The minimum absolute atomic E-state index is 0.808. The molecule has 0 saturated carbocycles. The molecule has 1 aliphatic rings. The lowest BCUT2D eigenvalue weighted by atomic mass is 9.95. The fraction of sp³-hybridized carbons (Fsp3) is 0.412. The van der Waals surface area contributed by atoms with Gasteiger partial charge >= 0.3 is 0 Å². The van der Waals surface area contributed by atoms with Crippen molar-refractivity contribution in [2.75, 3.05) is 18.0 Å². The smallest absolute Gasteiger partial charge is 0.139 e. The van der Waals surface area contributed by atoms with Crippen LogP contribution in [0.4, 0.5) is 5.69 Å². The molecule has 114 valence electrons. The lowest BCUT2D eigenvalue weighted by molar-refractivity contribution is 0.405. The van der Waals surface area contributed by atoms with E-state index < -0.39 is 0 Å². The monoisotopic (exact) mass is 312 g/mol. The van der Waals surface area contributed by atoms with Gasteiger partial charge in [0.1, 0.15) is 5.65 Å². The van der Waals surface area contributed by atoms with Crippen molar-refractivity contribution < 1.29 is 0 Å². The Morgan fingerprint density at radius 1 is 1.45 bits per heavy atom. The van der Waals surface area contributed by atoms with Crippen molar-refractivity contribution in [3.63, 3.8) is 0 Å². The average molecular weight is 312 g/mol. The van der Waals surface area contributed by atoms with Crippen LogP contribution in [0.15, 0.2) is 30.0 Å². The molecule has 0 radical (unpaired) electrons. The van der Waals surface area contributed by atoms with Crippen molar-refractivity contribution in [2.45, 2.75) is 26.2 Å². The van der Waals surface area contributed by atoms with Gasteiger partial charge in [0.15, 0.2) is 0 Å². The number of fused-ring (bicyclic) bond motifs is 1. The number of H-pyrrole nitrogens is 1. The van der Waals surface area contributed by atoms with Crippen LogP contribution in [0.1, 0.15) is 26.2 Å². The first-order chi connectivity index (χ1) is 10.9. The van der Waals surface area contributed by atoms with E-state index in [0.29, 0.717) is 0 Å². The summed E-state index contributed by atoms with van der Waals surface area (Å²) in [5.41, 5.74) is 4.67. The summed E-state index contributed by atoms with van der Waals surface area (Å²) in [7, 11) is 0. The van der Waals surface area contributed by atoms with E-state index in [0.717, 1.165) is 24.7 Å². The Labute approximate surface area is 134 Å². The highest BCUT2D eigenvalue weighted by molar-refractivity contribution is 7.03. The molecule has 4 nitrogen and oxygen atoms in total. The van der Waals surface area contributed by atoms with Gasteiger partial charge in [0, 0.05) is 59.3 Å². The molecule has 3 aromatic rings. The molecule has 22 heavy (non-hydrogen) atoms. The Morgan fingerprint density at radius 2 is 2.41 bits per heavy atom. The molecule has 4 heterocycles. The number of hydrogen-bond donors (Lipinski definition) is 1. The number of rotatable bonds is 3. The van der Waals surface area contributed by atoms with Crippen molar-refractivity contribution in [3.8, 4) is 11.1 Å². The van der Waals surface area contributed by atoms with Crippen molar-refractivity contribution in [3.05, 3.63) is 30.0 Å². The van der Waals surface area contributed by atoms with Gasteiger partial charge in [-0.1, -0.05) is 13.3 Å². The first-order valence-electron chi connectivity index (χ1n) is 7.97. The Balaban J connectivity index is 1.82. The van der Waals surface area contributed by atoms with Crippen LogP contribution in [0.2, 0.25) is 0 Å². The fourth-order valence-electron chi connectivity index (χ4n) is 3.49. The third-order valence-electron chi connectivity index (χ3n) is 4.73. The van der Waals surface area contributed by atoms with E-state index in [1.807, 2.05) is 12.4 Å². The van der Waals surface area contributed by atoms with E-state index in [4.69, 9.17) is 0 Å². The number of aromatic nitrogens is 3. The molecular weight excluding hydrogens is 292 g/mol. The highest BCUT2D eigenvalue weighted by Crippen LogP contribution is 2.37. The lowest BCUT2D eigenvalue weighted by Crippen LogP contribution is -2.35. The highest BCUT2D eigenvalue weighted by Gasteiger charge is 2.22. The standard InChI is InChI=1S/C17H20N4S/c1-2-12-4-3-7-21(10-12)15-5-6-18-17-16(15)14(9-19-17)13-8-20-22-11-13/h5-6,8-9,11-12H,2-4,7,10H2,1H3,(H,18,19)/t12-/m0/s1. The zero-order chi connectivity index (χ0) is 14.9. The van der Waals surface area contributed by atoms with Gasteiger partial charge in [0.25, 0.3) is 0 Å². The predicted octanol–water partition coefficient (Wildman–Crippen LogP) is 4.31. The molecule has 0 unspecified atom stereocenters. The molecule has 1 atom stereocenters. The number of anilines is 1. The summed E-state index contributed by atoms with van der Waals surface area (Å²) in [6.07, 6.45) is 9.82. The lowest BCUT2D eigenvalue weighted by Gasteiger charge is -2.34. The van der Waals surface area contributed by atoms with Gasteiger partial charge in [-0.3, -0.25) is 0 Å². The van der Waals surface area contributed by atoms with Crippen LogP contribution in [-0.4, -0.2) is 27.4 Å². The van der Waals surface area contributed by atoms with E-state index in [-0.39, 0.29) is 0 Å². The van der Waals surface area contributed by atoms with E-state index in [9.17, 15) is 0 Å². The summed E-state index contributed by atoms with van der Waals surface area (Å²) >= 11 is 1.49. The number of nitrogens with one attached hydrogen (secondary N) is 1. The number of piperidine rings is 1. The summed E-state index contributed by atoms with van der Waals surface area (Å²) in [5.74, 6) is 0.808. The second-order valence-electron chi connectivity index (χ2n) is 6.03. The summed E-state index contributed by atoms with van der Waals surface area (Å²) in [5, 5.41) is 3.34. The second-order valence-corrected chi connectivity index (χ2v) is 6.69. The minimum Gasteiger partial charge on any atom is -0.371 e. The molecule has 0 spiro atoms. The third-order valence-corrected chi connectivity index (χ3v) is 5.32. The fourth-order valence-corrected chi connectivity index (χ4v) is 4.02. The molecule has 3 aromatic heterocycles. The van der Waals surface area contributed by atoms with Gasteiger partial charge in [-0.05, 0) is 36.4 Å². The van der Waals surface area contributed by atoms with E-state index in [1.165, 1.54) is 53.0 Å². The van der Waals surface area contributed by atoms with E-state index >= 15 is 0 Å². The average Bonchev–Trinajstić information content (AvgIpc) is 3.23. The molecule has 4 rings (SSSR count). The first-order valence-corrected chi connectivity index (χ1v) is 8.81. The van der Waals surface area contributed by atoms with Crippen molar-refractivity contribution in [1.29, 1.82) is 0 Å². The summed E-state index contributed by atoms with van der Waals surface area (Å²) < 4.78 is 4.25. The van der Waals surface area contributed by atoms with Gasteiger partial charge in [-0.2, -0.15) is 0 Å². The van der Waals surface area contributed by atoms with Gasteiger partial charge in [-0.25, -0.2) is 9.36 Å². The summed E-state index contributed by atoms with van der Waals surface area (Å²) in [4.78, 5) is 10.4. The first kappa shape index (κ1) is 13.8. The van der Waals surface area contributed by atoms with Crippen LogP contribution >= 0.6 is 11.5 Å². The third kappa shape index (κ3) is 2.29. The molecule has 1 saturated heterocycles. The molecule has 0 amide bonds. The Morgan fingerprint density at radius 3 is 3.23 bits per heavy atom. The SMILES string of the molecule is CC[C@H]1CCCN(c2ccnc3[nH]cc(-c4cnsc4)c23)C1. The van der Waals surface area contributed by atoms with Crippen LogP contribution in [-0.2, 0) is 0 Å². The zero-order valence-electron chi connectivity index (χ0n) is 12.7. The molecule has 1 fully saturated rings. The van der Waals surface area contributed by atoms with Crippen LogP contribution in [0, 0.1) is 5.92 Å². The van der Waals surface area contributed by atoms with Crippen molar-refractivity contribution in [1.82, 2.24) is 14.3 Å². The normalized spacial score (nSPS) is 19.0. The molecule has 0 bridgehead atoms. The van der Waals surface area contributed by atoms with Crippen LogP contribution in [0.3, 0.4) is 0 Å². The zero-order valence-corrected chi connectivity index (χ0v) is 13.6. The molecular formula is C17H20N4S. The second kappa shape index (κ2) is 5.72. The maximum atomic E-state index is 4.51. The van der Waals surface area contributed by atoms with Crippen molar-refractivity contribution >= 4 is 28.3 Å². The summed E-state index contributed by atoms with van der Waals surface area (Å²) in [6, 6.07) is 2.16. The molecule has 0 aromatic carbocycles. The largest absolute Gasteiger partial charge is 0.371 e. The number of hydrogen-bond acceptors (Lipinski definition) is 4. The topological polar surface area (TPSA) is 44.8 Å². The molecule has 1 aliphatic heterocycles. The van der Waals surface area contributed by atoms with Crippen LogP contribution < -0.4 is 4.90 Å². The van der Waals surface area contributed by atoms with Gasteiger partial charge in [0.2, 0.25) is 0 Å². The minimum atomic E-state index is 0.808. The summed E-state index contributed by atoms with van der Waals surface area (Å²) in [6.45, 7) is 4.60. The van der Waals surface area contributed by atoms with Gasteiger partial charge in [-0.15, -0.1) is 0 Å². The Kier molecular flexibility index (Phi) is 3.58. The van der Waals surface area contributed by atoms with Gasteiger partial charge < -0.3 is 9.88 Å². The Bertz CT molecular complexity index is 762.